The maximum absolute atomic E-state index is 12.4. The molecule has 130 valence electrons. The standard InChI is InChI=1S/C19H26N2O3/c1-20-17-10-11-21(13-15(17)12-19(20)23)18(22)5-3-4-14-6-8-16(24-2)9-7-14/h6-9,15,17H,3-5,10-13H2,1-2H3/t15-,17+/m1/s1. The summed E-state index contributed by atoms with van der Waals surface area (Å²) in [5.74, 6) is 1.62. The zero-order valence-electron chi connectivity index (χ0n) is 14.5. The van der Waals surface area contributed by atoms with E-state index >= 15 is 0 Å². The van der Waals surface area contributed by atoms with Crippen LogP contribution in [-0.2, 0) is 16.0 Å². The highest BCUT2D eigenvalue weighted by atomic mass is 16.5. The van der Waals surface area contributed by atoms with Crippen molar-refractivity contribution in [3.8, 4) is 5.75 Å². The van der Waals surface area contributed by atoms with Crippen LogP contribution >= 0.6 is 0 Å². The van der Waals surface area contributed by atoms with Gasteiger partial charge < -0.3 is 14.5 Å². The molecule has 2 fully saturated rings. The lowest BCUT2D eigenvalue weighted by Crippen LogP contribution is -2.47. The van der Waals surface area contributed by atoms with Crippen molar-refractivity contribution in [1.29, 1.82) is 0 Å². The van der Waals surface area contributed by atoms with Crippen molar-refractivity contribution in [2.24, 2.45) is 5.92 Å². The van der Waals surface area contributed by atoms with Crippen LogP contribution in [0.3, 0.4) is 0 Å². The Balaban J connectivity index is 1.45. The number of amides is 2. The summed E-state index contributed by atoms with van der Waals surface area (Å²) < 4.78 is 5.15. The van der Waals surface area contributed by atoms with Crippen molar-refractivity contribution in [2.45, 2.75) is 38.1 Å². The Morgan fingerprint density at radius 3 is 2.75 bits per heavy atom. The Labute approximate surface area is 143 Å². The molecule has 0 spiro atoms. The van der Waals surface area contributed by atoms with Crippen LogP contribution in [0.15, 0.2) is 24.3 Å². The van der Waals surface area contributed by atoms with Crippen LogP contribution in [0.1, 0.15) is 31.2 Å². The Hall–Kier alpha value is -2.04. The Morgan fingerprint density at radius 2 is 2.04 bits per heavy atom. The van der Waals surface area contributed by atoms with E-state index in [-0.39, 0.29) is 11.8 Å². The summed E-state index contributed by atoms with van der Waals surface area (Å²) in [6, 6.07) is 8.34. The van der Waals surface area contributed by atoms with Gasteiger partial charge >= 0.3 is 0 Å². The number of nitrogens with zero attached hydrogens (tertiary/aromatic N) is 2. The van der Waals surface area contributed by atoms with Gasteiger partial charge in [-0.25, -0.2) is 0 Å². The number of fused-ring (bicyclic) bond motifs is 1. The molecule has 2 saturated heterocycles. The second kappa shape index (κ2) is 7.24. The first kappa shape index (κ1) is 16.8. The summed E-state index contributed by atoms with van der Waals surface area (Å²) in [5.41, 5.74) is 1.23. The number of carbonyl (C=O) groups is 2. The molecule has 0 saturated carbocycles. The monoisotopic (exact) mass is 330 g/mol. The normalized spacial score (nSPS) is 23.3. The number of hydrogen-bond acceptors (Lipinski definition) is 3. The minimum absolute atomic E-state index is 0.221. The molecule has 0 aliphatic carbocycles. The second-order valence-corrected chi connectivity index (χ2v) is 6.87. The van der Waals surface area contributed by atoms with Crippen LogP contribution in [0.2, 0.25) is 0 Å². The van der Waals surface area contributed by atoms with Crippen molar-refractivity contribution in [2.75, 3.05) is 27.2 Å². The van der Waals surface area contributed by atoms with Gasteiger partial charge in [-0.15, -0.1) is 0 Å². The first-order valence-electron chi connectivity index (χ1n) is 8.75. The molecule has 1 aromatic carbocycles. The van der Waals surface area contributed by atoms with Gasteiger partial charge in [-0.1, -0.05) is 12.1 Å². The Bertz CT molecular complexity index is 599. The maximum atomic E-state index is 12.4. The number of methoxy groups -OCH3 is 1. The first-order valence-corrected chi connectivity index (χ1v) is 8.75. The number of carbonyl (C=O) groups excluding carboxylic acids is 2. The number of likely N-dealkylation sites (tertiary alicyclic amines) is 2. The maximum Gasteiger partial charge on any atom is 0.222 e. The summed E-state index contributed by atoms with van der Waals surface area (Å²) in [7, 11) is 3.55. The van der Waals surface area contributed by atoms with E-state index in [0.717, 1.165) is 38.1 Å². The van der Waals surface area contributed by atoms with E-state index in [1.807, 2.05) is 29.0 Å². The van der Waals surface area contributed by atoms with E-state index < -0.39 is 0 Å². The van der Waals surface area contributed by atoms with E-state index in [2.05, 4.69) is 12.1 Å². The molecule has 5 nitrogen and oxygen atoms in total. The van der Waals surface area contributed by atoms with E-state index in [0.29, 0.717) is 24.8 Å². The minimum atomic E-state index is 0.221. The third-order valence-electron chi connectivity index (χ3n) is 5.39. The summed E-state index contributed by atoms with van der Waals surface area (Å²) in [6.07, 6.45) is 3.84. The van der Waals surface area contributed by atoms with Gasteiger partial charge in [0.25, 0.3) is 0 Å². The number of rotatable bonds is 5. The van der Waals surface area contributed by atoms with E-state index in [1.54, 1.807) is 7.11 Å². The largest absolute Gasteiger partial charge is 0.497 e. The van der Waals surface area contributed by atoms with Crippen molar-refractivity contribution in [1.82, 2.24) is 9.80 Å². The molecule has 1 aromatic rings. The first-order chi connectivity index (χ1) is 11.6. The molecule has 5 heteroatoms. The molecular formula is C19H26N2O3. The molecule has 2 heterocycles. The van der Waals surface area contributed by atoms with Crippen LogP contribution in [0.4, 0.5) is 0 Å². The van der Waals surface area contributed by atoms with Crippen molar-refractivity contribution in [3.05, 3.63) is 29.8 Å². The van der Waals surface area contributed by atoms with Crippen molar-refractivity contribution < 1.29 is 14.3 Å². The van der Waals surface area contributed by atoms with E-state index in [1.165, 1.54) is 5.56 Å². The summed E-state index contributed by atoms with van der Waals surface area (Å²) >= 11 is 0. The van der Waals surface area contributed by atoms with Gasteiger partial charge in [-0.2, -0.15) is 0 Å². The van der Waals surface area contributed by atoms with Crippen molar-refractivity contribution in [3.63, 3.8) is 0 Å². The predicted octanol–water partition coefficient (Wildman–Crippen LogP) is 2.10. The fourth-order valence-corrected chi connectivity index (χ4v) is 3.90. The minimum Gasteiger partial charge on any atom is -0.497 e. The molecule has 0 bridgehead atoms. The third kappa shape index (κ3) is 3.55. The number of hydrogen-bond donors (Lipinski definition) is 0. The number of aryl methyl sites for hydroxylation is 1. The van der Waals surface area contributed by atoms with Gasteiger partial charge in [0.1, 0.15) is 5.75 Å². The highest BCUT2D eigenvalue weighted by Crippen LogP contribution is 2.31. The predicted molar refractivity (Wildman–Crippen MR) is 91.8 cm³/mol. The molecule has 2 amide bonds. The molecule has 2 atom stereocenters. The summed E-state index contributed by atoms with van der Waals surface area (Å²) in [5, 5.41) is 0. The molecule has 2 aliphatic rings. The number of benzene rings is 1. The molecule has 0 N–H and O–H groups in total. The highest BCUT2D eigenvalue weighted by Gasteiger charge is 2.41. The summed E-state index contributed by atoms with van der Waals surface area (Å²) in [4.78, 5) is 28.1. The van der Waals surface area contributed by atoms with Gasteiger partial charge in [0.2, 0.25) is 11.8 Å². The Morgan fingerprint density at radius 1 is 1.29 bits per heavy atom. The summed E-state index contributed by atoms with van der Waals surface area (Å²) in [6.45, 7) is 1.52. The van der Waals surface area contributed by atoms with Gasteiger partial charge in [-0.3, -0.25) is 9.59 Å². The van der Waals surface area contributed by atoms with E-state index in [4.69, 9.17) is 4.74 Å². The van der Waals surface area contributed by atoms with Crippen LogP contribution in [0.5, 0.6) is 5.75 Å². The SMILES string of the molecule is COc1ccc(CCCC(=O)N2CC[C@H]3[C@H](CC(=O)N3C)C2)cc1. The zero-order chi connectivity index (χ0) is 17.1. The second-order valence-electron chi connectivity index (χ2n) is 6.87. The van der Waals surface area contributed by atoms with Crippen LogP contribution in [0.25, 0.3) is 0 Å². The third-order valence-corrected chi connectivity index (χ3v) is 5.39. The van der Waals surface area contributed by atoms with E-state index in [9.17, 15) is 9.59 Å². The van der Waals surface area contributed by atoms with Gasteiger partial charge in [0.05, 0.1) is 7.11 Å². The molecule has 24 heavy (non-hydrogen) atoms. The fourth-order valence-electron chi connectivity index (χ4n) is 3.90. The number of ether oxygens (including phenoxy) is 1. The lowest BCUT2D eigenvalue weighted by molar-refractivity contribution is -0.133. The highest BCUT2D eigenvalue weighted by molar-refractivity contribution is 5.80. The molecule has 0 aromatic heterocycles. The molecule has 0 radical (unpaired) electrons. The average Bonchev–Trinajstić information content (AvgIpc) is 2.89. The molecule has 3 rings (SSSR count). The van der Waals surface area contributed by atoms with Gasteiger partial charge in [-0.05, 0) is 37.0 Å². The van der Waals surface area contributed by atoms with Gasteiger partial charge in [0, 0.05) is 44.9 Å². The van der Waals surface area contributed by atoms with Gasteiger partial charge in [0.15, 0.2) is 0 Å². The van der Waals surface area contributed by atoms with Crippen LogP contribution in [-0.4, -0.2) is 54.9 Å². The smallest absolute Gasteiger partial charge is 0.222 e. The average molecular weight is 330 g/mol. The van der Waals surface area contributed by atoms with Crippen LogP contribution < -0.4 is 4.74 Å². The lowest BCUT2D eigenvalue weighted by Gasteiger charge is -2.36. The lowest BCUT2D eigenvalue weighted by atomic mass is 9.92. The molecule has 2 aliphatic heterocycles. The molecule has 0 unspecified atom stereocenters. The topological polar surface area (TPSA) is 49.9 Å². The molecular weight excluding hydrogens is 304 g/mol. The number of piperidine rings is 1. The zero-order valence-corrected chi connectivity index (χ0v) is 14.5. The van der Waals surface area contributed by atoms with Crippen LogP contribution in [0, 0.1) is 5.92 Å². The van der Waals surface area contributed by atoms with Crippen molar-refractivity contribution >= 4 is 11.8 Å². The Kier molecular flexibility index (Phi) is 5.07. The fraction of sp³-hybridized carbons (Fsp3) is 0.579. The quantitative estimate of drug-likeness (QED) is 0.831.